The molecule has 0 amide bonds. The molecule has 6 heteroatoms. The van der Waals surface area contributed by atoms with Crippen molar-refractivity contribution < 1.29 is 8.81 Å². The Balaban J connectivity index is 1.71. The van der Waals surface area contributed by atoms with Crippen LogP contribution in [0.25, 0.3) is 21.3 Å². The number of aryl methyl sites for hydroxylation is 1. The van der Waals surface area contributed by atoms with Crippen molar-refractivity contribution in [1.29, 1.82) is 0 Å². The first-order chi connectivity index (χ1) is 10.2. The van der Waals surface area contributed by atoms with Crippen LogP contribution < -0.4 is 5.32 Å². The fourth-order valence-electron chi connectivity index (χ4n) is 2.13. The molecule has 104 valence electrons. The second-order valence-corrected chi connectivity index (χ2v) is 5.78. The van der Waals surface area contributed by atoms with Crippen LogP contribution in [0.2, 0.25) is 0 Å². The molecule has 0 radical (unpaired) electrons. The number of aromatic nitrogens is 2. The van der Waals surface area contributed by atoms with E-state index in [0.717, 1.165) is 26.9 Å². The third-order valence-electron chi connectivity index (χ3n) is 3.11. The number of rotatable bonds is 2. The van der Waals surface area contributed by atoms with Gasteiger partial charge < -0.3 is 4.42 Å². The topological polar surface area (TPSA) is 51.0 Å². The van der Waals surface area contributed by atoms with Gasteiger partial charge in [-0.15, -0.1) is 0 Å². The summed E-state index contributed by atoms with van der Waals surface area (Å²) in [7, 11) is 0. The molecule has 0 bridgehead atoms. The zero-order valence-corrected chi connectivity index (χ0v) is 11.9. The van der Waals surface area contributed by atoms with Gasteiger partial charge in [-0.2, -0.15) is 4.98 Å². The first kappa shape index (κ1) is 12.3. The van der Waals surface area contributed by atoms with Gasteiger partial charge in [-0.3, -0.25) is 5.32 Å². The molecule has 2 heterocycles. The van der Waals surface area contributed by atoms with Gasteiger partial charge in [-0.1, -0.05) is 17.4 Å². The predicted octanol–water partition coefficient (Wildman–Crippen LogP) is 4.63. The molecule has 0 aliphatic heterocycles. The van der Waals surface area contributed by atoms with Crippen molar-refractivity contribution in [2.24, 2.45) is 0 Å². The van der Waals surface area contributed by atoms with Crippen molar-refractivity contribution in [1.82, 2.24) is 9.97 Å². The summed E-state index contributed by atoms with van der Waals surface area (Å²) in [6, 6.07) is 10.7. The summed E-state index contributed by atoms with van der Waals surface area (Å²) in [5.41, 5.74) is 3.37. The van der Waals surface area contributed by atoms with E-state index in [1.807, 2.05) is 25.1 Å². The average molecular weight is 299 g/mol. The first-order valence-electron chi connectivity index (χ1n) is 6.38. The Hall–Kier alpha value is -2.47. The van der Waals surface area contributed by atoms with Gasteiger partial charge in [0.2, 0.25) is 0 Å². The number of hydrogen-bond donors (Lipinski definition) is 1. The smallest absolute Gasteiger partial charge is 0.302 e. The lowest BCUT2D eigenvalue weighted by atomic mass is 10.2. The highest BCUT2D eigenvalue weighted by atomic mass is 32.1. The zero-order valence-electron chi connectivity index (χ0n) is 11.1. The van der Waals surface area contributed by atoms with Gasteiger partial charge in [0.25, 0.3) is 0 Å². The maximum absolute atomic E-state index is 13.2. The SMILES string of the molecule is Cc1ccc2nc(Nc3nc4ccc(F)cc4s3)oc2c1. The predicted molar refractivity (Wildman–Crippen MR) is 81.6 cm³/mol. The number of thiazole rings is 1. The molecular formula is C15H10FN3OS. The highest BCUT2D eigenvalue weighted by molar-refractivity contribution is 7.22. The molecule has 4 nitrogen and oxygen atoms in total. The van der Waals surface area contributed by atoms with Gasteiger partial charge in [0.15, 0.2) is 10.7 Å². The Labute approximate surface area is 123 Å². The Bertz CT molecular complexity index is 882. The minimum absolute atomic E-state index is 0.268. The van der Waals surface area contributed by atoms with Gasteiger partial charge in [0.1, 0.15) is 11.3 Å². The van der Waals surface area contributed by atoms with Crippen molar-refractivity contribution in [3.8, 4) is 0 Å². The van der Waals surface area contributed by atoms with E-state index >= 15 is 0 Å². The maximum atomic E-state index is 13.2. The van der Waals surface area contributed by atoms with E-state index < -0.39 is 0 Å². The summed E-state index contributed by atoms with van der Waals surface area (Å²) >= 11 is 1.36. The Morgan fingerprint density at radius 3 is 2.86 bits per heavy atom. The molecular weight excluding hydrogens is 289 g/mol. The number of oxazole rings is 1. The highest BCUT2D eigenvalue weighted by Gasteiger charge is 2.09. The summed E-state index contributed by atoms with van der Waals surface area (Å²) in [5, 5.41) is 3.65. The van der Waals surface area contributed by atoms with E-state index in [1.54, 1.807) is 6.07 Å². The number of nitrogens with one attached hydrogen (secondary N) is 1. The molecule has 21 heavy (non-hydrogen) atoms. The quantitative estimate of drug-likeness (QED) is 0.586. The summed E-state index contributed by atoms with van der Waals surface area (Å²) in [5.74, 6) is -0.268. The Kier molecular flexibility index (Phi) is 2.65. The molecule has 1 N–H and O–H groups in total. The van der Waals surface area contributed by atoms with Crippen LogP contribution in [0.4, 0.5) is 15.5 Å². The number of nitrogens with zero attached hydrogens (tertiary/aromatic N) is 2. The molecule has 0 atom stereocenters. The van der Waals surface area contributed by atoms with Crippen molar-refractivity contribution >= 4 is 43.8 Å². The van der Waals surface area contributed by atoms with E-state index in [9.17, 15) is 4.39 Å². The van der Waals surface area contributed by atoms with Crippen LogP contribution in [-0.4, -0.2) is 9.97 Å². The third kappa shape index (κ3) is 2.23. The molecule has 0 unspecified atom stereocenters. The van der Waals surface area contributed by atoms with E-state index in [0.29, 0.717) is 11.1 Å². The summed E-state index contributed by atoms with van der Waals surface area (Å²) in [4.78, 5) is 8.73. The maximum Gasteiger partial charge on any atom is 0.302 e. The van der Waals surface area contributed by atoms with Crippen molar-refractivity contribution in [3.63, 3.8) is 0 Å². The number of fused-ring (bicyclic) bond motifs is 2. The second-order valence-electron chi connectivity index (χ2n) is 4.75. The van der Waals surface area contributed by atoms with Gasteiger partial charge >= 0.3 is 6.01 Å². The molecule has 0 saturated carbocycles. The molecule has 2 aromatic carbocycles. The second kappa shape index (κ2) is 4.53. The Morgan fingerprint density at radius 1 is 1.10 bits per heavy atom. The number of halogens is 1. The minimum Gasteiger partial charge on any atom is -0.423 e. The van der Waals surface area contributed by atoms with E-state index in [-0.39, 0.29) is 5.82 Å². The van der Waals surface area contributed by atoms with E-state index in [1.165, 1.54) is 23.5 Å². The Morgan fingerprint density at radius 2 is 1.95 bits per heavy atom. The fourth-order valence-corrected chi connectivity index (χ4v) is 3.01. The van der Waals surface area contributed by atoms with Crippen LogP contribution in [0.1, 0.15) is 5.56 Å². The normalized spacial score (nSPS) is 11.3. The van der Waals surface area contributed by atoms with Crippen molar-refractivity contribution in [3.05, 3.63) is 47.8 Å². The number of hydrogen-bond acceptors (Lipinski definition) is 5. The molecule has 0 fully saturated rings. The van der Waals surface area contributed by atoms with Gasteiger partial charge in [0.05, 0.1) is 10.2 Å². The molecule has 4 aromatic rings. The number of anilines is 2. The van der Waals surface area contributed by atoms with Gasteiger partial charge in [-0.05, 0) is 42.8 Å². The summed E-state index contributed by atoms with van der Waals surface area (Å²) < 4.78 is 19.6. The van der Waals surface area contributed by atoms with Crippen molar-refractivity contribution in [2.75, 3.05) is 5.32 Å². The van der Waals surface area contributed by atoms with E-state index in [2.05, 4.69) is 15.3 Å². The first-order valence-corrected chi connectivity index (χ1v) is 7.19. The van der Waals surface area contributed by atoms with Gasteiger partial charge in [-0.25, -0.2) is 9.37 Å². The minimum atomic E-state index is -0.268. The third-order valence-corrected chi connectivity index (χ3v) is 4.04. The van der Waals surface area contributed by atoms with Gasteiger partial charge in [0, 0.05) is 0 Å². The molecule has 0 saturated heterocycles. The standard InChI is InChI=1S/C15H10FN3OS/c1-8-2-4-10-12(6-8)20-14(17-10)19-15-18-11-5-3-9(16)7-13(11)21-15/h2-7H,1H3,(H,17,18,19). The zero-order chi connectivity index (χ0) is 14.4. The lowest BCUT2D eigenvalue weighted by Gasteiger charge is -1.92. The average Bonchev–Trinajstić information content (AvgIpc) is 3.00. The summed E-state index contributed by atoms with van der Waals surface area (Å²) in [6.45, 7) is 2.00. The number of benzene rings is 2. The summed E-state index contributed by atoms with van der Waals surface area (Å²) in [6.07, 6.45) is 0. The molecule has 0 aliphatic rings. The van der Waals surface area contributed by atoms with Crippen LogP contribution >= 0.6 is 11.3 Å². The van der Waals surface area contributed by atoms with Crippen molar-refractivity contribution in [2.45, 2.75) is 6.92 Å². The molecule has 0 aliphatic carbocycles. The molecule has 0 spiro atoms. The highest BCUT2D eigenvalue weighted by Crippen LogP contribution is 2.29. The fraction of sp³-hybridized carbons (Fsp3) is 0.0667. The van der Waals surface area contributed by atoms with Crippen LogP contribution in [0.3, 0.4) is 0 Å². The van der Waals surface area contributed by atoms with E-state index in [4.69, 9.17) is 4.42 Å². The van der Waals surface area contributed by atoms with Crippen LogP contribution in [0.5, 0.6) is 0 Å². The largest absolute Gasteiger partial charge is 0.423 e. The molecule has 4 rings (SSSR count). The van der Waals surface area contributed by atoms with Crippen LogP contribution in [0.15, 0.2) is 40.8 Å². The monoisotopic (exact) mass is 299 g/mol. The molecule has 2 aromatic heterocycles. The lowest BCUT2D eigenvalue weighted by molar-refractivity contribution is 0.622. The lowest BCUT2D eigenvalue weighted by Crippen LogP contribution is -1.88. The van der Waals surface area contributed by atoms with Crippen LogP contribution in [0, 0.1) is 12.7 Å². The van der Waals surface area contributed by atoms with Crippen LogP contribution in [-0.2, 0) is 0 Å².